The fourth-order valence-corrected chi connectivity index (χ4v) is 1.33. The van der Waals surface area contributed by atoms with E-state index in [0.717, 1.165) is 5.56 Å². The number of hydrogen-bond donors (Lipinski definition) is 2. The van der Waals surface area contributed by atoms with Crippen LogP contribution in [0.25, 0.3) is 0 Å². The summed E-state index contributed by atoms with van der Waals surface area (Å²) in [6.07, 6.45) is 1.64. The number of nitrogens with one attached hydrogen (secondary N) is 1. The third-order valence-electron chi connectivity index (χ3n) is 2.20. The van der Waals surface area contributed by atoms with Crippen molar-refractivity contribution in [1.82, 2.24) is 10.2 Å². The standard InChI is InChI=1S/C11H13N3O2/c1-15-9-4-2-3-5-10(9)16-7-8-6-13-14-11(8)12/h2-6H,7H2,1H3,(H3,12,13,14). The summed E-state index contributed by atoms with van der Waals surface area (Å²) in [6, 6.07) is 7.46. The molecule has 0 unspecified atom stereocenters. The molecule has 0 spiro atoms. The van der Waals surface area contributed by atoms with Crippen molar-refractivity contribution in [3.8, 4) is 11.5 Å². The fourth-order valence-electron chi connectivity index (χ4n) is 1.33. The number of nitrogens with zero attached hydrogens (tertiary/aromatic N) is 1. The number of aromatic nitrogens is 2. The molecule has 0 amide bonds. The topological polar surface area (TPSA) is 73.2 Å². The van der Waals surface area contributed by atoms with E-state index in [-0.39, 0.29) is 0 Å². The van der Waals surface area contributed by atoms with Gasteiger partial charge in [-0.15, -0.1) is 0 Å². The minimum absolute atomic E-state index is 0.364. The van der Waals surface area contributed by atoms with E-state index in [4.69, 9.17) is 15.2 Å². The Balaban J connectivity index is 2.07. The van der Waals surface area contributed by atoms with Crippen LogP contribution < -0.4 is 15.2 Å². The van der Waals surface area contributed by atoms with Gasteiger partial charge in [-0.2, -0.15) is 5.10 Å². The summed E-state index contributed by atoms with van der Waals surface area (Å²) in [5.74, 6) is 1.91. The Bertz CT molecular complexity index is 468. The van der Waals surface area contributed by atoms with Crippen LogP contribution in [0.1, 0.15) is 5.56 Å². The van der Waals surface area contributed by atoms with E-state index in [2.05, 4.69) is 10.2 Å². The molecule has 0 radical (unpaired) electrons. The number of methoxy groups -OCH3 is 1. The molecule has 0 aliphatic rings. The first kappa shape index (κ1) is 10.4. The monoisotopic (exact) mass is 219 g/mol. The number of nitrogen functional groups attached to an aromatic ring is 1. The smallest absolute Gasteiger partial charge is 0.161 e. The van der Waals surface area contributed by atoms with Crippen LogP contribution in [0, 0.1) is 0 Å². The van der Waals surface area contributed by atoms with Crippen LogP contribution >= 0.6 is 0 Å². The van der Waals surface area contributed by atoms with Gasteiger partial charge in [0.15, 0.2) is 11.5 Å². The molecule has 0 aliphatic carbocycles. The zero-order valence-electron chi connectivity index (χ0n) is 8.93. The molecule has 3 N–H and O–H groups in total. The average molecular weight is 219 g/mol. The van der Waals surface area contributed by atoms with Crippen molar-refractivity contribution in [2.45, 2.75) is 6.61 Å². The van der Waals surface area contributed by atoms with Crippen LogP contribution in [0.15, 0.2) is 30.5 Å². The van der Waals surface area contributed by atoms with Gasteiger partial charge in [0, 0.05) is 0 Å². The molecule has 5 nitrogen and oxygen atoms in total. The highest BCUT2D eigenvalue weighted by Crippen LogP contribution is 2.26. The molecule has 0 aliphatic heterocycles. The second kappa shape index (κ2) is 4.57. The van der Waals surface area contributed by atoms with Crippen LogP contribution in [-0.2, 0) is 6.61 Å². The Morgan fingerprint density at radius 3 is 2.69 bits per heavy atom. The summed E-state index contributed by atoms with van der Waals surface area (Å²) < 4.78 is 10.8. The predicted molar refractivity (Wildman–Crippen MR) is 60.3 cm³/mol. The summed E-state index contributed by atoms with van der Waals surface area (Å²) >= 11 is 0. The van der Waals surface area contributed by atoms with Crippen molar-refractivity contribution in [3.05, 3.63) is 36.0 Å². The lowest BCUT2D eigenvalue weighted by atomic mass is 10.3. The molecule has 5 heteroatoms. The number of nitrogens with two attached hydrogens (primary N) is 1. The van der Waals surface area contributed by atoms with Gasteiger partial charge in [-0.3, -0.25) is 5.10 Å². The number of rotatable bonds is 4. The zero-order valence-corrected chi connectivity index (χ0v) is 8.93. The van der Waals surface area contributed by atoms with Crippen LogP contribution in [0.2, 0.25) is 0 Å². The third kappa shape index (κ3) is 2.08. The molecule has 0 bridgehead atoms. The van der Waals surface area contributed by atoms with Crippen LogP contribution in [0.3, 0.4) is 0 Å². The second-order valence-corrected chi connectivity index (χ2v) is 3.25. The number of anilines is 1. The Morgan fingerprint density at radius 2 is 2.06 bits per heavy atom. The van der Waals surface area contributed by atoms with Gasteiger partial charge < -0.3 is 15.2 Å². The maximum absolute atomic E-state index is 5.65. The maximum atomic E-state index is 5.65. The lowest BCUT2D eigenvalue weighted by Crippen LogP contribution is -1.99. The first-order valence-corrected chi connectivity index (χ1v) is 4.85. The van der Waals surface area contributed by atoms with Crippen molar-refractivity contribution in [3.63, 3.8) is 0 Å². The van der Waals surface area contributed by atoms with Gasteiger partial charge in [-0.05, 0) is 12.1 Å². The summed E-state index contributed by atoms with van der Waals surface area (Å²) in [5.41, 5.74) is 6.47. The Hall–Kier alpha value is -2.17. The largest absolute Gasteiger partial charge is 0.493 e. The van der Waals surface area contributed by atoms with Crippen molar-refractivity contribution in [2.75, 3.05) is 12.8 Å². The number of para-hydroxylation sites is 2. The summed E-state index contributed by atoms with van der Waals surface area (Å²) in [5, 5.41) is 6.47. The molecular formula is C11H13N3O2. The highest BCUT2D eigenvalue weighted by Gasteiger charge is 2.05. The Kier molecular flexibility index (Phi) is 2.95. The summed E-state index contributed by atoms with van der Waals surface area (Å²) in [7, 11) is 1.61. The number of ether oxygens (including phenoxy) is 2. The molecule has 2 rings (SSSR count). The highest BCUT2D eigenvalue weighted by atomic mass is 16.5. The molecule has 0 atom stereocenters. The first-order chi connectivity index (χ1) is 7.81. The van der Waals surface area contributed by atoms with E-state index < -0.39 is 0 Å². The number of benzene rings is 1. The normalized spacial score (nSPS) is 10.1. The van der Waals surface area contributed by atoms with E-state index >= 15 is 0 Å². The van der Waals surface area contributed by atoms with Gasteiger partial charge in [-0.25, -0.2) is 0 Å². The first-order valence-electron chi connectivity index (χ1n) is 4.85. The quantitative estimate of drug-likeness (QED) is 0.818. The van der Waals surface area contributed by atoms with Crippen molar-refractivity contribution < 1.29 is 9.47 Å². The third-order valence-corrected chi connectivity index (χ3v) is 2.20. The second-order valence-electron chi connectivity index (χ2n) is 3.25. The van der Waals surface area contributed by atoms with Gasteiger partial charge in [0.25, 0.3) is 0 Å². The zero-order chi connectivity index (χ0) is 11.4. The molecule has 16 heavy (non-hydrogen) atoms. The van der Waals surface area contributed by atoms with Gasteiger partial charge in [-0.1, -0.05) is 12.1 Å². The van der Waals surface area contributed by atoms with Crippen LogP contribution in [-0.4, -0.2) is 17.3 Å². The molecule has 0 fully saturated rings. The SMILES string of the molecule is COc1ccccc1OCc1cn[nH]c1N. The fraction of sp³-hybridized carbons (Fsp3) is 0.182. The minimum atomic E-state index is 0.364. The van der Waals surface area contributed by atoms with Crippen molar-refractivity contribution >= 4 is 5.82 Å². The molecule has 0 saturated heterocycles. The Labute approximate surface area is 93.2 Å². The molecule has 1 aromatic heterocycles. The average Bonchev–Trinajstić information content (AvgIpc) is 2.72. The molecule has 1 aromatic carbocycles. The van der Waals surface area contributed by atoms with Gasteiger partial charge in [0.1, 0.15) is 12.4 Å². The maximum Gasteiger partial charge on any atom is 0.161 e. The van der Waals surface area contributed by atoms with Crippen molar-refractivity contribution in [1.29, 1.82) is 0 Å². The minimum Gasteiger partial charge on any atom is -0.493 e. The molecule has 84 valence electrons. The van der Waals surface area contributed by atoms with Gasteiger partial charge in [0.2, 0.25) is 0 Å². The van der Waals surface area contributed by atoms with Crippen LogP contribution in [0.5, 0.6) is 11.5 Å². The highest BCUT2D eigenvalue weighted by molar-refractivity contribution is 5.41. The Morgan fingerprint density at radius 1 is 1.31 bits per heavy atom. The van der Waals surface area contributed by atoms with E-state index in [1.807, 2.05) is 24.3 Å². The van der Waals surface area contributed by atoms with Gasteiger partial charge >= 0.3 is 0 Å². The predicted octanol–water partition coefficient (Wildman–Crippen LogP) is 1.58. The summed E-state index contributed by atoms with van der Waals surface area (Å²) in [6.45, 7) is 0.364. The van der Waals surface area contributed by atoms with E-state index in [0.29, 0.717) is 23.9 Å². The van der Waals surface area contributed by atoms with Crippen LogP contribution in [0.4, 0.5) is 5.82 Å². The lowest BCUT2D eigenvalue weighted by molar-refractivity contribution is 0.285. The molecular weight excluding hydrogens is 206 g/mol. The molecule has 1 heterocycles. The number of H-pyrrole nitrogens is 1. The number of aromatic amines is 1. The lowest BCUT2D eigenvalue weighted by Gasteiger charge is -2.09. The van der Waals surface area contributed by atoms with E-state index in [1.54, 1.807) is 13.3 Å². The summed E-state index contributed by atoms with van der Waals surface area (Å²) in [4.78, 5) is 0. The van der Waals surface area contributed by atoms with Gasteiger partial charge in [0.05, 0.1) is 18.9 Å². The van der Waals surface area contributed by atoms with E-state index in [9.17, 15) is 0 Å². The molecule has 0 saturated carbocycles. The van der Waals surface area contributed by atoms with Crippen molar-refractivity contribution in [2.24, 2.45) is 0 Å². The van der Waals surface area contributed by atoms with E-state index in [1.165, 1.54) is 0 Å². The number of hydrogen-bond acceptors (Lipinski definition) is 4. The molecule has 2 aromatic rings.